The Hall–Kier alpha value is -1.40. The highest BCUT2D eigenvalue weighted by molar-refractivity contribution is 6.07. The van der Waals surface area contributed by atoms with E-state index in [-0.39, 0.29) is 0 Å². The quantitative estimate of drug-likeness (QED) is 0.567. The van der Waals surface area contributed by atoms with Gasteiger partial charge in [0.2, 0.25) is 5.78 Å². The molecule has 0 bridgehead atoms. The molecule has 0 aliphatic carbocycles. The van der Waals surface area contributed by atoms with Crippen LogP contribution in [0.2, 0.25) is 0 Å². The van der Waals surface area contributed by atoms with E-state index in [2.05, 4.69) is 0 Å². The fraction of sp³-hybridized carbons (Fsp3) is 0.700. The molecule has 0 atom stereocenters. The Labute approximate surface area is 96.1 Å². The maximum atomic E-state index is 11.8. The molecule has 17 heavy (non-hydrogen) atoms. The average Bonchev–Trinajstić information content (AvgIpc) is 1.96. The lowest BCUT2D eigenvalue weighted by Gasteiger charge is -2.19. The second-order valence-electron chi connectivity index (χ2n) is 4.40. The molecule has 4 nitrogen and oxygen atoms in total. The van der Waals surface area contributed by atoms with Crippen molar-refractivity contribution in [3.8, 4) is 0 Å². The number of carbonyl (C=O) groups is 3. The summed E-state index contributed by atoms with van der Waals surface area (Å²) in [5.41, 5.74) is -0.828. The Balaban J connectivity index is 4.21. The monoisotopic (exact) mass is 254 g/mol. The highest BCUT2D eigenvalue weighted by Crippen LogP contribution is 2.18. The molecule has 0 saturated heterocycles. The summed E-state index contributed by atoms with van der Waals surface area (Å²) in [7, 11) is 0. The number of esters is 1. The van der Waals surface area contributed by atoms with E-state index in [1.807, 2.05) is 0 Å². The zero-order valence-corrected chi connectivity index (χ0v) is 9.68. The smallest absolute Gasteiger partial charge is 0.450 e. The molecule has 0 amide bonds. The number of alkyl halides is 3. The number of rotatable bonds is 4. The fourth-order valence-corrected chi connectivity index (χ4v) is 0.880. The van der Waals surface area contributed by atoms with Gasteiger partial charge < -0.3 is 4.74 Å². The van der Waals surface area contributed by atoms with Crippen molar-refractivity contribution in [3.63, 3.8) is 0 Å². The van der Waals surface area contributed by atoms with E-state index >= 15 is 0 Å². The molecule has 0 unspecified atom stereocenters. The molecule has 0 saturated carbocycles. The first-order chi connectivity index (χ1) is 7.42. The van der Waals surface area contributed by atoms with Crippen molar-refractivity contribution < 1.29 is 32.3 Å². The summed E-state index contributed by atoms with van der Waals surface area (Å²) < 4.78 is 40.1. The highest BCUT2D eigenvalue weighted by atomic mass is 19.4. The van der Waals surface area contributed by atoms with E-state index in [1.54, 1.807) is 20.8 Å². The van der Waals surface area contributed by atoms with Gasteiger partial charge in [-0.15, -0.1) is 0 Å². The largest absolute Gasteiger partial charge is 0.460 e. The molecule has 0 rings (SSSR count). The maximum Gasteiger partial charge on any atom is 0.450 e. The molecule has 7 heteroatoms. The van der Waals surface area contributed by atoms with Gasteiger partial charge in [0.1, 0.15) is 12.0 Å². The van der Waals surface area contributed by atoms with E-state index in [4.69, 9.17) is 4.74 Å². The zero-order chi connectivity index (χ0) is 13.9. The summed E-state index contributed by atoms with van der Waals surface area (Å²) in [6, 6.07) is 0. The van der Waals surface area contributed by atoms with Crippen molar-refractivity contribution in [3.05, 3.63) is 0 Å². The van der Waals surface area contributed by atoms with Crippen LogP contribution in [0.5, 0.6) is 0 Å². The fourth-order valence-electron chi connectivity index (χ4n) is 0.880. The SMILES string of the molecule is CC(C)(C)OC(=O)CC(=O)CC(=O)C(F)(F)F. The van der Waals surface area contributed by atoms with Crippen molar-refractivity contribution in [1.82, 2.24) is 0 Å². The molecule has 0 heterocycles. The molecule has 0 aliphatic heterocycles. The first kappa shape index (κ1) is 15.6. The normalized spacial score (nSPS) is 12.1. The molecule has 0 spiro atoms. The van der Waals surface area contributed by atoms with Crippen LogP contribution in [0.15, 0.2) is 0 Å². The standard InChI is InChI=1S/C10H13F3O4/c1-9(2,3)17-8(16)5-6(14)4-7(15)10(11,12)13/h4-5H2,1-3H3. The van der Waals surface area contributed by atoms with E-state index < -0.39 is 42.2 Å². The molecular formula is C10H13F3O4. The summed E-state index contributed by atoms with van der Waals surface area (Å²) in [5, 5.41) is 0. The zero-order valence-electron chi connectivity index (χ0n) is 9.68. The molecular weight excluding hydrogens is 241 g/mol. The van der Waals surface area contributed by atoms with Crippen LogP contribution in [0, 0.1) is 0 Å². The van der Waals surface area contributed by atoms with Gasteiger partial charge in [-0.25, -0.2) is 0 Å². The lowest BCUT2D eigenvalue weighted by atomic mass is 10.1. The van der Waals surface area contributed by atoms with Crippen molar-refractivity contribution in [1.29, 1.82) is 0 Å². The van der Waals surface area contributed by atoms with Crippen LogP contribution in [0.1, 0.15) is 33.6 Å². The highest BCUT2D eigenvalue weighted by Gasteiger charge is 2.39. The Kier molecular flexibility index (Phi) is 4.85. The molecule has 0 radical (unpaired) electrons. The van der Waals surface area contributed by atoms with Crippen LogP contribution in [-0.4, -0.2) is 29.3 Å². The van der Waals surface area contributed by atoms with Gasteiger partial charge in [-0.2, -0.15) is 13.2 Å². The van der Waals surface area contributed by atoms with Crippen LogP contribution < -0.4 is 0 Å². The summed E-state index contributed by atoms with van der Waals surface area (Å²) in [6.45, 7) is 4.66. The van der Waals surface area contributed by atoms with Crippen molar-refractivity contribution >= 4 is 17.5 Å². The number of ketones is 2. The van der Waals surface area contributed by atoms with Crippen LogP contribution >= 0.6 is 0 Å². The van der Waals surface area contributed by atoms with Gasteiger partial charge in [-0.3, -0.25) is 14.4 Å². The third kappa shape index (κ3) is 7.48. The summed E-state index contributed by atoms with van der Waals surface area (Å²) in [6.07, 6.45) is -7.22. The van der Waals surface area contributed by atoms with Gasteiger partial charge in [0.25, 0.3) is 0 Å². The second-order valence-corrected chi connectivity index (χ2v) is 4.40. The summed E-state index contributed by atoms with van der Waals surface area (Å²) in [5.74, 6) is -4.22. The lowest BCUT2D eigenvalue weighted by molar-refractivity contribution is -0.172. The van der Waals surface area contributed by atoms with Crippen LogP contribution in [0.25, 0.3) is 0 Å². The number of ether oxygens (including phenoxy) is 1. The minimum atomic E-state index is -5.05. The third-order valence-corrected chi connectivity index (χ3v) is 1.44. The number of Topliss-reactive ketones (excluding diaryl/α,β-unsaturated/α-hetero) is 2. The molecule has 0 aromatic heterocycles. The molecule has 0 aromatic carbocycles. The molecule has 0 aliphatic rings. The van der Waals surface area contributed by atoms with E-state index in [0.29, 0.717) is 0 Å². The van der Waals surface area contributed by atoms with E-state index in [0.717, 1.165) is 0 Å². The Bertz CT molecular complexity index is 325. The number of carbonyl (C=O) groups excluding carboxylic acids is 3. The molecule has 0 fully saturated rings. The van der Waals surface area contributed by atoms with Crippen molar-refractivity contribution in [2.75, 3.05) is 0 Å². The first-order valence-electron chi connectivity index (χ1n) is 4.75. The Morgan fingerprint density at radius 3 is 1.82 bits per heavy atom. The third-order valence-electron chi connectivity index (χ3n) is 1.44. The van der Waals surface area contributed by atoms with Crippen LogP contribution in [-0.2, 0) is 19.1 Å². The minimum absolute atomic E-state index is 0.828. The predicted octanol–water partition coefficient (Wildman–Crippen LogP) is 1.81. The average molecular weight is 254 g/mol. The van der Waals surface area contributed by atoms with Gasteiger partial charge in [0.05, 0.1) is 6.42 Å². The summed E-state index contributed by atoms with van der Waals surface area (Å²) in [4.78, 5) is 32.5. The van der Waals surface area contributed by atoms with Gasteiger partial charge in [-0.05, 0) is 20.8 Å². The Morgan fingerprint density at radius 2 is 1.47 bits per heavy atom. The van der Waals surface area contributed by atoms with Crippen LogP contribution in [0.4, 0.5) is 13.2 Å². The maximum absolute atomic E-state index is 11.8. The topological polar surface area (TPSA) is 60.4 Å². The minimum Gasteiger partial charge on any atom is -0.460 e. The van der Waals surface area contributed by atoms with Gasteiger partial charge in [0.15, 0.2) is 5.78 Å². The summed E-state index contributed by atoms with van der Waals surface area (Å²) >= 11 is 0. The number of hydrogen-bond acceptors (Lipinski definition) is 4. The number of halogens is 3. The predicted molar refractivity (Wildman–Crippen MR) is 51.1 cm³/mol. The Morgan fingerprint density at radius 1 is 1.00 bits per heavy atom. The molecule has 0 aromatic rings. The van der Waals surface area contributed by atoms with E-state index in [9.17, 15) is 27.6 Å². The molecule has 0 N–H and O–H groups in total. The van der Waals surface area contributed by atoms with Gasteiger partial charge in [-0.1, -0.05) is 0 Å². The van der Waals surface area contributed by atoms with Crippen molar-refractivity contribution in [2.45, 2.75) is 45.4 Å². The first-order valence-corrected chi connectivity index (χ1v) is 4.75. The molecule has 98 valence electrons. The number of hydrogen-bond donors (Lipinski definition) is 0. The lowest BCUT2D eigenvalue weighted by Crippen LogP contribution is -2.28. The van der Waals surface area contributed by atoms with E-state index in [1.165, 1.54) is 0 Å². The second kappa shape index (κ2) is 5.29. The van der Waals surface area contributed by atoms with Gasteiger partial charge >= 0.3 is 12.1 Å². The van der Waals surface area contributed by atoms with Gasteiger partial charge in [0, 0.05) is 0 Å². The van der Waals surface area contributed by atoms with Crippen molar-refractivity contribution in [2.24, 2.45) is 0 Å². The van der Waals surface area contributed by atoms with Crippen LogP contribution in [0.3, 0.4) is 0 Å².